The fourth-order valence-electron chi connectivity index (χ4n) is 2.59. The molecule has 1 aromatic carbocycles. The number of nitrogens with one attached hydrogen (secondary N) is 1. The Morgan fingerprint density at radius 1 is 1.21 bits per heavy atom. The number of benzene rings is 1. The van der Waals surface area contributed by atoms with Crippen molar-refractivity contribution < 1.29 is 14.3 Å². The minimum atomic E-state index is -0.512. The number of fused-ring (bicyclic) bond motifs is 1. The van der Waals surface area contributed by atoms with Gasteiger partial charge in [0.25, 0.3) is 5.91 Å². The molecule has 1 N–H and O–H groups in total. The van der Waals surface area contributed by atoms with Gasteiger partial charge in [0.2, 0.25) is 0 Å². The number of rotatable bonds is 6. The van der Waals surface area contributed by atoms with Crippen molar-refractivity contribution in [2.75, 3.05) is 13.2 Å². The summed E-state index contributed by atoms with van der Waals surface area (Å²) in [5.74, 6) is -0.280. The van der Waals surface area contributed by atoms with E-state index < -0.39 is 5.97 Å². The van der Waals surface area contributed by atoms with Gasteiger partial charge in [0.05, 0.1) is 16.8 Å². The van der Waals surface area contributed by atoms with Gasteiger partial charge in [-0.15, -0.1) is 0 Å². The normalized spacial score (nSPS) is 10.9. The second-order valence-electron chi connectivity index (χ2n) is 6.32. The van der Waals surface area contributed by atoms with Gasteiger partial charge in [-0.1, -0.05) is 32.0 Å². The van der Waals surface area contributed by atoms with Crippen LogP contribution >= 0.6 is 0 Å². The zero-order valence-electron chi connectivity index (χ0n) is 14.7. The molecule has 0 fully saturated rings. The number of carbonyl (C=O) groups is 2. The zero-order valence-corrected chi connectivity index (χ0v) is 14.7. The number of hydrogen-bond acceptors (Lipinski definition) is 4. The maximum Gasteiger partial charge on any atom is 0.340 e. The molecular formula is C19H24N2O3. The molecule has 24 heavy (non-hydrogen) atoms. The molecule has 1 heterocycles. The van der Waals surface area contributed by atoms with E-state index in [2.05, 4.69) is 24.1 Å². The third-order valence-electron chi connectivity index (χ3n) is 3.92. The third-order valence-corrected chi connectivity index (χ3v) is 3.92. The van der Waals surface area contributed by atoms with Crippen LogP contribution in [-0.2, 0) is 9.53 Å². The highest BCUT2D eigenvalue weighted by Gasteiger charge is 2.18. The Morgan fingerprint density at radius 2 is 1.92 bits per heavy atom. The molecule has 0 bridgehead atoms. The summed E-state index contributed by atoms with van der Waals surface area (Å²) in [7, 11) is 0. The monoisotopic (exact) mass is 328 g/mol. The van der Waals surface area contributed by atoms with Crippen LogP contribution < -0.4 is 5.32 Å². The first-order chi connectivity index (χ1) is 11.4. The van der Waals surface area contributed by atoms with Crippen molar-refractivity contribution in [3.63, 3.8) is 0 Å². The Kier molecular flexibility index (Phi) is 5.90. The fourth-order valence-corrected chi connectivity index (χ4v) is 2.59. The van der Waals surface area contributed by atoms with Crippen LogP contribution in [0.25, 0.3) is 10.9 Å². The van der Waals surface area contributed by atoms with Crippen molar-refractivity contribution >= 4 is 22.8 Å². The van der Waals surface area contributed by atoms with Crippen molar-refractivity contribution in [3.05, 3.63) is 41.1 Å². The van der Waals surface area contributed by atoms with Gasteiger partial charge in [0, 0.05) is 11.9 Å². The summed E-state index contributed by atoms with van der Waals surface area (Å²) in [6, 6.07) is 7.65. The van der Waals surface area contributed by atoms with E-state index in [1.54, 1.807) is 6.92 Å². The van der Waals surface area contributed by atoms with Crippen LogP contribution in [-0.4, -0.2) is 30.0 Å². The molecule has 0 saturated heterocycles. The number of carbonyl (C=O) groups excluding carboxylic acids is 2. The summed E-state index contributed by atoms with van der Waals surface area (Å²) in [6.45, 7) is 8.14. The van der Waals surface area contributed by atoms with Gasteiger partial charge >= 0.3 is 5.97 Å². The summed E-state index contributed by atoms with van der Waals surface area (Å²) in [5, 5.41) is 3.66. The van der Waals surface area contributed by atoms with Crippen molar-refractivity contribution in [2.45, 2.75) is 34.1 Å². The van der Waals surface area contributed by atoms with Gasteiger partial charge in [-0.2, -0.15) is 0 Å². The van der Waals surface area contributed by atoms with Crippen LogP contribution in [0.5, 0.6) is 0 Å². The molecule has 5 heteroatoms. The molecule has 5 nitrogen and oxygen atoms in total. The number of aryl methyl sites for hydroxylation is 2. The molecule has 2 rings (SSSR count). The molecule has 0 aliphatic rings. The number of nitrogens with zero attached hydrogens (tertiary/aromatic N) is 1. The summed E-state index contributed by atoms with van der Waals surface area (Å²) in [6.07, 6.45) is 0.895. The first-order valence-electron chi connectivity index (χ1n) is 8.20. The van der Waals surface area contributed by atoms with Crippen molar-refractivity contribution in [3.8, 4) is 0 Å². The highest BCUT2D eigenvalue weighted by molar-refractivity contribution is 5.99. The summed E-state index contributed by atoms with van der Waals surface area (Å²) >= 11 is 0. The van der Waals surface area contributed by atoms with Crippen molar-refractivity contribution in [2.24, 2.45) is 5.92 Å². The smallest absolute Gasteiger partial charge is 0.340 e. The molecule has 0 unspecified atom stereocenters. The van der Waals surface area contributed by atoms with Gasteiger partial charge in [-0.05, 0) is 37.8 Å². The van der Waals surface area contributed by atoms with Crippen LogP contribution in [0.2, 0.25) is 0 Å². The van der Waals surface area contributed by atoms with Crippen LogP contribution in [0.3, 0.4) is 0 Å². The highest BCUT2D eigenvalue weighted by Crippen LogP contribution is 2.23. The van der Waals surface area contributed by atoms with E-state index in [0.717, 1.165) is 22.9 Å². The van der Waals surface area contributed by atoms with E-state index in [9.17, 15) is 9.59 Å². The SMILES string of the molecule is Cc1nc2ccccc2c(C)c1C(=O)OCC(=O)NCCC(C)C. The summed E-state index contributed by atoms with van der Waals surface area (Å²) in [5.41, 5.74) is 2.71. The minimum absolute atomic E-state index is 0.275. The molecule has 1 aromatic heterocycles. The Morgan fingerprint density at radius 3 is 2.62 bits per heavy atom. The lowest BCUT2D eigenvalue weighted by Gasteiger charge is -2.12. The number of para-hydroxylation sites is 1. The number of esters is 1. The van der Waals surface area contributed by atoms with E-state index in [1.165, 1.54) is 0 Å². The van der Waals surface area contributed by atoms with E-state index in [4.69, 9.17) is 4.74 Å². The van der Waals surface area contributed by atoms with Crippen LogP contribution in [0.4, 0.5) is 0 Å². The molecule has 0 saturated carbocycles. The maximum atomic E-state index is 12.4. The molecular weight excluding hydrogens is 304 g/mol. The predicted molar refractivity (Wildman–Crippen MR) is 94.0 cm³/mol. The predicted octanol–water partition coefficient (Wildman–Crippen LogP) is 3.17. The lowest BCUT2D eigenvalue weighted by Crippen LogP contribution is -2.30. The molecule has 128 valence electrons. The van der Waals surface area contributed by atoms with Crippen LogP contribution in [0, 0.1) is 19.8 Å². The van der Waals surface area contributed by atoms with Gasteiger partial charge in [0.1, 0.15) is 0 Å². The minimum Gasteiger partial charge on any atom is -0.452 e. The first-order valence-corrected chi connectivity index (χ1v) is 8.20. The van der Waals surface area contributed by atoms with Crippen molar-refractivity contribution in [1.82, 2.24) is 10.3 Å². The quantitative estimate of drug-likeness (QED) is 0.827. The number of hydrogen-bond donors (Lipinski definition) is 1. The van der Waals surface area contributed by atoms with E-state index in [-0.39, 0.29) is 12.5 Å². The standard InChI is InChI=1S/C19H24N2O3/c1-12(2)9-10-20-17(22)11-24-19(23)18-13(3)15-7-5-6-8-16(15)21-14(18)4/h5-8,12H,9-11H2,1-4H3,(H,20,22). The lowest BCUT2D eigenvalue weighted by atomic mass is 10.0. The molecule has 0 aliphatic heterocycles. The largest absolute Gasteiger partial charge is 0.452 e. The average Bonchev–Trinajstić information content (AvgIpc) is 2.52. The molecule has 2 aromatic rings. The zero-order chi connectivity index (χ0) is 17.7. The Labute approximate surface area is 142 Å². The Balaban J connectivity index is 2.05. The molecule has 0 spiro atoms. The highest BCUT2D eigenvalue weighted by atomic mass is 16.5. The summed E-state index contributed by atoms with van der Waals surface area (Å²) < 4.78 is 5.17. The molecule has 1 amide bonds. The fraction of sp³-hybridized carbons (Fsp3) is 0.421. The van der Waals surface area contributed by atoms with E-state index in [0.29, 0.717) is 23.7 Å². The maximum absolute atomic E-state index is 12.4. The van der Waals surface area contributed by atoms with Gasteiger partial charge in [-0.3, -0.25) is 9.78 Å². The van der Waals surface area contributed by atoms with Gasteiger partial charge in [-0.25, -0.2) is 4.79 Å². The summed E-state index contributed by atoms with van der Waals surface area (Å²) in [4.78, 5) is 28.6. The van der Waals surface area contributed by atoms with Gasteiger partial charge < -0.3 is 10.1 Å². The second kappa shape index (κ2) is 7.90. The number of pyridine rings is 1. The van der Waals surface area contributed by atoms with Crippen LogP contribution in [0.1, 0.15) is 41.9 Å². The van der Waals surface area contributed by atoms with Gasteiger partial charge in [0.15, 0.2) is 6.61 Å². The lowest BCUT2D eigenvalue weighted by molar-refractivity contribution is -0.124. The van der Waals surface area contributed by atoms with Crippen LogP contribution in [0.15, 0.2) is 24.3 Å². The Hall–Kier alpha value is -2.43. The topological polar surface area (TPSA) is 68.3 Å². The van der Waals surface area contributed by atoms with E-state index >= 15 is 0 Å². The Bertz CT molecular complexity index is 754. The number of aromatic nitrogens is 1. The first kappa shape index (κ1) is 17.9. The number of ether oxygens (including phenoxy) is 1. The molecule has 0 aliphatic carbocycles. The van der Waals surface area contributed by atoms with E-state index in [1.807, 2.05) is 31.2 Å². The molecule has 0 radical (unpaired) electrons. The van der Waals surface area contributed by atoms with Crippen molar-refractivity contribution in [1.29, 1.82) is 0 Å². The average molecular weight is 328 g/mol. The second-order valence-corrected chi connectivity index (χ2v) is 6.32. The molecule has 0 atom stereocenters. The third kappa shape index (κ3) is 4.31. The number of amides is 1.